The first-order chi connectivity index (χ1) is 9.47. The molecule has 0 radical (unpaired) electrons. The number of rotatable bonds is 4. The van der Waals surface area contributed by atoms with Gasteiger partial charge in [-0.3, -0.25) is 0 Å². The average Bonchev–Trinajstić information content (AvgIpc) is 2.40. The van der Waals surface area contributed by atoms with E-state index in [1.165, 1.54) is 12.1 Å². The lowest BCUT2D eigenvalue weighted by Gasteiger charge is -2.17. The summed E-state index contributed by atoms with van der Waals surface area (Å²) in [6, 6.07) is 12.0. The van der Waals surface area contributed by atoms with Crippen LogP contribution in [-0.4, -0.2) is 6.10 Å². The van der Waals surface area contributed by atoms with Gasteiger partial charge in [-0.15, -0.1) is 0 Å². The third kappa shape index (κ3) is 3.36. The van der Waals surface area contributed by atoms with Gasteiger partial charge in [0.25, 0.3) is 0 Å². The van der Waals surface area contributed by atoms with Gasteiger partial charge in [-0.2, -0.15) is 0 Å². The van der Waals surface area contributed by atoms with Gasteiger partial charge < -0.3 is 10.5 Å². The molecule has 2 rings (SSSR count). The molecule has 0 spiro atoms. The van der Waals surface area contributed by atoms with Crippen molar-refractivity contribution in [3.63, 3.8) is 0 Å². The van der Waals surface area contributed by atoms with Crippen molar-refractivity contribution in [3.05, 3.63) is 65.0 Å². The Hall–Kier alpha value is -1.87. The molecular formula is C17H20FNO. The van der Waals surface area contributed by atoms with E-state index in [0.29, 0.717) is 0 Å². The SMILES string of the molecule is Cc1ccc(F)cc1C(N)c1cccc(OC(C)C)c1. The summed E-state index contributed by atoms with van der Waals surface area (Å²) in [6.07, 6.45) is 0.109. The van der Waals surface area contributed by atoms with E-state index in [1.54, 1.807) is 6.07 Å². The van der Waals surface area contributed by atoms with Gasteiger partial charge in [0.1, 0.15) is 11.6 Å². The zero-order valence-electron chi connectivity index (χ0n) is 12.1. The quantitative estimate of drug-likeness (QED) is 0.914. The fraction of sp³-hybridized carbons (Fsp3) is 0.294. The minimum absolute atomic E-state index is 0.109. The van der Waals surface area contributed by atoms with Crippen LogP contribution in [0.4, 0.5) is 4.39 Å². The molecule has 106 valence electrons. The van der Waals surface area contributed by atoms with Crippen molar-refractivity contribution in [3.8, 4) is 5.75 Å². The van der Waals surface area contributed by atoms with Gasteiger partial charge >= 0.3 is 0 Å². The van der Waals surface area contributed by atoms with E-state index in [-0.39, 0.29) is 18.0 Å². The maximum absolute atomic E-state index is 13.4. The van der Waals surface area contributed by atoms with E-state index < -0.39 is 0 Å². The maximum Gasteiger partial charge on any atom is 0.123 e. The van der Waals surface area contributed by atoms with Gasteiger partial charge in [0.05, 0.1) is 12.1 Å². The van der Waals surface area contributed by atoms with E-state index in [9.17, 15) is 4.39 Å². The van der Waals surface area contributed by atoms with Crippen LogP contribution >= 0.6 is 0 Å². The van der Waals surface area contributed by atoms with Gasteiger partial charge in [0, 0.05) is 0 Å². The number of benzene rings is 2. The number of hydrogen-bond donors (Lipinski definition) is 1. The fourth-order valence-corrected chi connectivity index (χ4v) is 2.18. The number of ether oxygens (including phenoxy) is 1. The minimum atomic E-state index is -0.360. The van der Waals surface area contributed by atoms with Gasteiger partial charge in [0.15, 0.2) is 0 Å². The second kappa shape index (κ2) is 6.06. The van der Waals surface area contributed by atoms with Crippen LogP contribution < -0.4 is 10.5 Å². The predicted molar refractivity (Wildman–Crippen MR) is 79.4 cm³/mol. The largest absolute Gasteiger partial charge is 0.491 e. The van der Waals surface area contributed by atoms with Gasteiger partial charge in [-0.05, 0) is 61.7 Å². The second-order valence-electron chi connectivity index (χ2n) is 5.22. The van der Waals surface area contributed by atoms with Crippen molar-refractivity contribution in [2.45, 2.75) is 32.9 Å². The molecule has 0 bridgehead atoms. The molecule has 3 heteroatoms. The Labute approximate surface area is 119 Å². The Kier molecular flexibility index (Phi) is 4.40. The highest BCUT2D eigenvalue weighted by Gasteiger charge is 2.13. The summed E-state index contributed by atoms with van der Waals surface area (Å²) in [6.45, 7) is 5.88. The lowest BCUT2D eigenvalue weighted by atomic mass is 9.95. The molecule has 0 heterocycles. The first-order valence-electron chi connectivity index (χ1n) is 6.75. The number of hydrogen-bond acceptors (Lipinski definition) is 2. The van der Waals surface area contributed by atoms with Crippen LogP contribution in [0.1, 0.15) is 36.6 Å². The minimum Gasteiger partial charge on any atom is -0.491 e. The molecule has 2 nitrogen and oxygen atoms in total. The van der Waals surface area contributed by atoms with Crippen molar-refractivity contribution < 1.29 is 9.13 Å². The Balaban J connectivity index is 2.33. The van der Waals surface area contributed by atoms with Crippen LogP contribution in [0.5, 0.6) is 5.75 Å². The van der Waals surface area contributed by atoms with E-state index in [2.05, 4.69) is 0 Å². The summed E-state index contributed by atoms with van der Waals surface area (Å²) in [5, 5.41) is 0. The third-order valence-corrected chi connectivity index (χ3v) is 3.17. The summed E-state index contributed by atoms with van der Waals surface area (Å²) in [5.41, 5.74) is 8.96. The van der Waals surface area contributed by atoms with Crippen molar-refractivity contribution >= 4 is 0 Å². The van der Waals surface area contributed by atoms with Gasteiger partial charge in [-0.1, -0.05) is 18.2 Å². The summed E-state index contributed by atoms with van der Waals surface area (Å²) in [4.78, 5) is 0. The Morgan fingerprint density at radius 3 is 2.55 bits per heavy atom. The number of nitrogens with two attached hydrogens (primary N) is 1. The fourth-order valence-electron chi connectivity index (χ4n) is 2.18. The molecule has 20 heavy (non-hydrogen) atoms. The third-order valence-electron chi connectivity index (χ3n) is 3.17. The summed E-state index contributed by atoms with van der Waals surface area (Å²) in [7, 11) is 0. The van der Waals surface area contributed by atoms with Gasteiger partial charge in [-0.25, -0.2) is 4.39 Å². The lowest BCUT2D eigenvalue weighted by molar-refractivity contribution is 0.242. The van der Waals surface area contributed by atoms with E-state index in [0.717, 1.165) is 22.4 Å². The van der Waals surface area contributed by atoms with Crippen molar-refractivity contribution in [2.24, 2.45) is 5.73 Å². The monoisotopic (exact) mass is 273 g/mol. The zero-order valence-corrected chi connectivity index (χ0v) is 12.1. The van der Waals surface area contributed by atoms with Crippen LogP contribution in [0.3, 0.4) is 0 Å². The predicted octanol–water partition coefficient (Wildman–Crippen LogP) is 3.97. The molecule has 1 unspecified atom stereocenters. The van der Waals surface area contributed by atoms with Gasteiger partial charge in [0.2, 0.25) is 0 Å². The standard InChI is InChI=1S/C17H20FNO/c1-11(2)20-15-6-4-5-13(9-15)17(19)16-10-14(18)8-7-12(16)3/h4-11,17H,19H2,1-3H3. The lowest BCUT2D eigenvalue weighted by Crippen LogP contribution is -2.14. The highest BCUT2D eigenvalue weighted by atomic mass is 19.1. The molecule has 0 saturated carbocycles. The van der Waals surface area contributed by atoms with Crippen LogP contribution in [0.15, 0.2) is 42.5 Å². The first-order valence-corrected chi connectivity index (χ1v) is 6.75. The summed E-state index contributed by atoms with van der Waals surface area (Å²) in [5.74, 6) is 0.512. The average molecular weight is 273 g/mol. The molecule has 2 N–H and O–H groups in total. The first kappa shape index (κ1) is 14.5. The zero-order chi connectivity index (χ0) is 14.7. The van der Waals surface area contributed by atoms with E-state index in [4.69, 9.17) is 10.5 Å². The number of halogens is 1. The maximum atomic E-state index is 13.4. The molecular weight excluding hydrogens is 253 g/mol. The topological polar surface area (TPSA) is 35.2 Å². The molecule has 0 aliphatic carbocycles. The molecule has 0 aliphatic rings. The van der Waals surface area contributed by atoms with Crippen LogP contribution in [-0.2, 0) is 0 Å². The molecule has 0 amide bonds. The summed E-state index contributed by atoms with van der Waals surface area (Å²) < 4.78 is 19.1. The molecule has 0 fully saturated rings. The highest BCUT2D eigenvalue weighted by molar-refractivity contribution is 5.39. The Morgan fingerprint density at radius 2 is 1.85 bits per heavy atom. The van der Waals surface area contributed by atoms with Crippen LogP contribution in [0.2, 0.25) is 0 Å². The number of aryl methyl sites for hydroxylation is 1. The van der Waals surface area contributed by atoms with E-state index >= 15 is 0 Å². The molecule has 0 aromatic heterocycles. The smallest absolute Gasteiger partial charge is 0.123 e. The van der Waals surface area contributed by atoms with Crippen LogP contribution in [0.25, 0.3) is 0 Å². The molecule has 2 aromatic carbocycles. The Bertz CT molecular complexity index is 595. The van der Waals surface area contributed by atoms with Crippen molar-refractivity contribution in [1.29, 1.82) is 0 Å². The van der Waals surface area contributed by atoms with E-state index in [1.807, 2.05) is 45.0 Å². The molecule has 2 aromatic rings. The molecule has 0 aliphatic heterocycles. The van der Waals surface area contributed by atoms with Crippen molar-refractivity contribution in [2.75, 3.05) is 0 Å². The highest BCUT2D eigenvalue weighted by Crippen LogP contribution is 2.26. The normalized spacial score (nSPS) is 12.5. The Morgan fingerprint density at radius 1 is 1.10 bits per heavy atom. The van der Waals surface area contributed by atoms with Crippen molar-refractivity contribution in [1.82, 2.24) is 0 Å². The summed E-state index contributed by atoms with van der Waals surface area (Å²) >= 11 is 0. The molecule has 0 saturated heterocycles. The second-order valence-corrected chi connectivity index (χ2v) is 5.22. The molecule has 1 atom stereocenters. The van der Waals surface area contributed by atoms with Crippen LogP contribution in [0, 0.1) is 12.7 Å².